The molecule has 0 saturated heterocycles. The molecule has 1 aromatic rings. The van der Waals surface area contributed by atoms with Gasteiger partial charge in [-0.2, -0.15) is 0 Å². The number of hydrogen-bond acceptors (Lipinski definition) is 0. The predicted molar refractivity (Wildman–Crippen MR) is 39.1 cm³/mol. The number of rotatable bonds is 1. The maximum absolute atomic E-state index is 12.5. The molecular weight excluding hydrogens is 127 g/mol. The Labute approximate surface area is 60.0 Å². The molecule has 0 N–H and O–H groups in total. The minimum atomic E-state index is -0.230. The maximum atomic E-state index is 12.5. The molecule has 0 nitrogen and oxygen atoms in total. The van der Waals surface area contributed by atoms with E-state index in [9.17, 15) is 4.39 Å². The summed E-state index contributed by atoms with van der Waals surface area (Å²) < 4.78 is 12.5. The topological polar surface area (TPSA) is 0 Å². The number of benzene rings is 1. The van der Waals surface area contributed by atoms with Crippen LogP contribution < -0.4 is 0 Å². The molecule has 0 heterocycles. The Morgan fingerprint density at radius 1 is 1.40 bits per heavy atom. The summed E-state index contributed by atoms with van der Waals surface area (Å²) in [4.78, 5) is 0. The summed E-state index contributed by atoms with van der Waals surface area (Å²) in [5, 5.41) is 0. The first-order valence-corrected chi connectivity index (χ1v) is 3.02. The Morgan fingerprint density at radius 2 is 2.10 bits per heavy atom. The van der Waals surface area contributed by atoms with E-state index >= 15 is 0 Å². The van der Waals surface area contributed by atoms with Crippen molar-refractivity contribution >= 4 is 0 Å². The summed E-state index contributed by atoms with van der Waals surface area (Å²) in [6.07, 6.45) is 2.62. The molecule has 0 aliphatic rings. The molecule has 0 aliphatic heterocycles. The zero-order valence-corrected chi connectivity index (χ0v) is 5.82. The van der Waals surface area contributed by atoms with Gasteiger partial charge >= 0.3 is 0 Å². The van der Waals surface area contributed by atoms with Gasteiger partial charge < -0.3 is 0 Å². The van der Waals surface area contributed by atoms with Crippen molar-refractivity contribution in [3.8, 4) is 0 Å². The van der Waals surface area contributed by atoms with Crippen LogP contribution in [0.5, 0.6) is 0 Å². The molecule has 0 saturated carbocycles. The average Bonchev–Trinajstić information content (AvgIpc) is 1.85. The summed E-state index contributed by atoms with van der Waals surface area (Å²) in [5.74, 6) is -0.230. The van der Waals surface area contributed by atoms with E-state index in [4.69, 9.17) is 0 Å². The molecule has 0 spiro atoms. The molecule has 0 atom stereocenters. The summed E-state index contributed by atoms with van der Waals surface area (Å²) >= 11 is 0. The zero-order chi connectivity index (χ0) is 7.56. The zero-order valence-electron chi connectivity index (χ0n) is 5.82. The fourth-order valence-corrected chi connectivity index (χ4v) is 0.838. The minimum absolute atomic E-state index is 0.230. The second-order valence-corrected chi connectivity index (χ2v) is 2.19. The lowest BCUT2D eigenvalue weighted by molar-refractivity contribution is 0.626. The van der Waals surface area contributed by atoms with E-state index in [1.165, 1.54) is 12.1 Å². The van der Waals surface area contributed by atoms with Crippen molar-refractivity contribution in [3.05, 3.63) is 47.8 Å². The molecule has 1 rings (SSSR count). The van der Waals surface area contributed by atoms with E-state index in [0.717, 1.165) is 5.56 Å². The van der Waals surface area contributed by atoms with Crippen LogP contribution in [0.25, 0.3) is 0 Å². The average molecular weight is 135 g/mol. The third kappa shape index (κ3) is 1.44. The van der Waals surface area contributed by atoms with Crippen LogP contribution in [-0.2, 0) is 0 Å². The molecule has 1 heteroatoms. The van der Waals surface area contributed by atoms with Gasteiger partial charge in [-0.15, -0.1) is 0 Å². The highest BCUT2D eigenvalue weighted by molar-refractivity contribution is 5.27. The summed E-state index contributed by atoms with van der Waals surface area (Å²) in [5.41, 5.74) is 1.60. The highest BCUT2D eigenvalue weighted by atomic mass is 19.1. The maximum Gasteiger partial charge on any atom is 0.124 e. The van der Waals surface area contributed by atoms with E-state index in [-0.39, 0.29) is 5.82 Å². The van der Waals surface area contributed by atoms with Crippen LogP contribution in [0.4, 0.5) is 4.39 Å². The van der Waals surface area contributed by atoms with Gasteiger partial charge in [0.25, 0.3) is 0 Å². The van der Waals surface area contributed by atoms with Gasteiger partial charge in [-0.25, -0.2) is 4.39 Å². The second kappa shape index (κ2) is 2.65. The van der Waals surface area contributed by atoms with E-state index in [1.54, 1.807) is 0 Å². The van der Waals surface area contributed by atoms with Crippen LogP contribution in [0.3, 0.4) is 0 Å². The SMILES string of the molecule is C=[C]c1cc(C)cc(F)c1. The number of hydrogen-bond donors (Lipinski definition) is 0. The van der Waals surface area contributed by atoms with Crippen molar-refractivity contribution in [1.29, 1.82) is 0 Å². The summed E-state index contributed by atoms with van der Waals surface area (Å²) in [7, 11) is 0. The molecule has 10 heavy (non-hydrogen) atoms. The van der Waals surface area contributed by atoms with Crippen molar-refractivity contribution < 1.29 is 4.39 Å². The van der Waals surface area contributed by atoms with Crippen molar-refractivity contribution in [3.63, 3.8) is 0 Å². The molecular formula is C9H8F. The number of aryl methyl sites for hydroxylation is 1. The second-order valence-electron chi connectivity index (χ2n) is 2.19. The predicted octanol–water partition coefficient (Wildman–Crippen LogP) is 2.47. The highest BCUT2D eigenvalue weighted by Gasteiger charge is 1.92. The fourth-order valence-electron chi connectivity index (χ4n) is 0.838. The minimum Gasteiger partial charge on any atom is -0.207 e. The molecule has 51 valence electrons. The first-order valence-electron chi connectivity index (χ1n) is 3.02. The lowest BCUT2D eigenvalue weighted by atomic mass is 10.1. The Morgan fingerprint density at radius 3 is 2.60 bits per heavy atom. The van der Waals surface area contributed by atoms with Crippen molar-refractivity contribution in [1.82, 2.24) is 0 Å². The first kappa shape index (κ1) is 7.00. The van der Waals surface area contributed by atoms with E-state index in [1.807, 2.05) is 13.0 Å². The summed E-state index contributed by atoms with van der Waals surface area (Å²) in [6, 6.07) is 4.71. The van der Waals surface area contributed by atoms with Gasteiger partial charge in [0.2, 0.25) is 0 Å². The third-order valence-corrected chi connectivity index (χ3v) is 1.25. The van der Waals surface area contributed by atoms with Crippen molar-refractivity contribution in [2.24, 2.45) is 0 Å². The Balaban J connectivity index is 3.18. The van der Waals surface area contributed by atoms with Crippen LogP contribution in [-0.4, -0.2) is 0 Å². The first-order chi connectivity index (χ1) is 4.72. The molecule has 1 aromatic carbocycles. The van der Waals surface area contributed by atoms with E-state index in [0.29, 0.717) is 5.56 Å². The Kier molecular flexibility index (Phi) is 1.86. The Bertz CT molecular complexity index is 231. The van der Waals surface area contributed by atoms with Gasteiger partial charge in [-0.3, -0.25) is 0 Å². The lowest BCUT2D eigenvalue weighted by Crippen LogP contribution is -1.80. The molecule has 0 amide bonds. The van der Waals surface area contributed by atoms with Crippen LogP contribution in [0.2, 0.25) is 0 Å². The van der Waals surface area contributed by atoms with Crippen LogP contribution in [0.1, 0.15) is 11.1 Å². The van der Waals surface area contributed by atoms with E-state index < -0.39 is 0 Å². The smallest absolute Gasteiger partial charge is 0.124 e. The highest BCUT2D eigenvalue weighted by Crippen LogP contribution is 2.07. The molecule has 0 unspecified atom stereocenters. The standard InChI is InChI=1S/C9H8F/c1-3-8-4-7(2)5-9(10)6-8/h4-6H,1H2,2H3. The normalized spacial score (nSPS) is 9.40. The molecule has 0 aromatic heterocycles. The quantitative estimate of drug-likeness (QED) is 0.555. The van der Waals surface area contributed by atoms with Crippen LogP contribution >= 0.6 is 0 Å². The van der Waals surface area contributed by atoms with Crippen LogP contribution in [0.15, 0.2) is 24.8 Å². The van der Waals surface area contributed by atoms with Gasteiger partial charge in [0.05, 0.1) is 0 Å². The molecule has 1 radical (unpaired) electrons. The van der Waals surface area contributed by atoms with Gasteiger partial charge in [0.1, 0.15) is 5.82 Å². The van der Waals surface area contributed by atoms with Gasteiger partial charge in [-0.1, -0.05) is 12.6 Å². The third-order valence-electron chi connectivity index (χ3n) is 1.25. The van der Waals surface area contributed by atoms with Crippen molar-refractivity contribution in [2.45, 2.75) is 6.92 Å². The molecule has 0 bridgehead atoms. The fraction of sp³-hybridized carbons (Fsp3) is 0.111. The van der Waals surface area contributed by atoms with E-state index in [2.05, 4.69) is 12.7 Å². The monoisotopic (exact) mass is 135 g/mol. The Hall–Kier alpha value is -1.11. The van der Waals surface area contributed by atoms with Gasteiger partial charge in [-0.05, 0) is 36.3 Å². The summed E-state index contributed by atoms with van der Waals surface area (Å²) in [6.45, 7) is 5.26. The lowest BCUT2D eigenvalue weighted by Gasteiger charge is -1.94. The largest absolute Gasteiger partial charge is 0.207 e. The molecule has 0 fully saturated rings. The number of halogens is 1. The van der Waals surface area contributed by atoms with Gasteiger partial charge in [0.15, 0.2) is 0 Å². The van der Waals surface area contributed by atoms with Gasteiger partial charge in [0, 0.05) is 0 Å². The van der Waals surface area contributed by atoms with Crippen LogP contribution in [0, 0.1) is 18.8 Å². The molecule has 0 aliphatic carbocycles. The van der Waals surface area contributed by atoms with Crippen molar-refractivity contribution in [2.75, 3.05) is 0 Å².